The molecule has 0 saturated carbocycles. The summed E-state index contributed by atoms with van der Waals surface area (Å²) in [6, 6.07) is 6.92. The molecule has 1 aliphatic carbocycles. The van der Waals surface area contributed by atoms with Crippen LogP contribution in [0.3, 0.4) is 0 Å². The first kappa shape index (κ1) is 19.3. The summed E-state index contributed by atoms with van der Waals surface area (Å²) < 4.78 is 10.5. The Balaban J connectivity index is 1.96. The second-order valence-electron chi connectivity index (χ2n) is 5.52. The fourth-order valence-corrected chi connectivity index (χ4v) is 2.45. The molecule has 2 rings (SSSR count). The molecule has 1 aromatic carbocycles. The van der Waals surface area contributed by atoms with Gasteiger partial charge in [0.2, 0.25) is 11.8 Å². The molecule has 0 saturated heterocycles. The van der Waals surface area contributed by atoms with Crippen LogP contribution in [-0.2, 0) is 28.7 Å². The van der Waals surface area contributed by atoms with E-state index in [9.17, 15) is 19.2 Å². The Kier molecular flexibility index (Phi) is 6.64. The number of carbonyl (C=O) groups is 4. The molecule has 10 heteroatoms. The van der Waals surface area contributed by atoms with Gasteiger partial charge in [-0.25, -0.2) is 11.0 Å². The molecule has 0 aliphatic heterocycles. The van der Waals surface area contributed by atoms with Crippen LogP contribution < -0.4 is 11.0 Å². The third-order valence-corrected chi connectivity index (χ3v) is 3.76. The van der Waals surface area contributed by atoms with Crippen molar-refractivity contribution in [2.45, 2.75) is 37.9 Å². The minimum Gasteiger partial charge on any atom is -0.453 e. The van der Waals surface area contributed by atoms with Crippen LogP contribution in [0.2, 0.25) is 0 Å². The standard InChI is InChI=1S/C16H18N2O8/c19-11(17-23)5-7-13(21)25-15-9-3-1-2-4-10(9)16(15)26-14(22)8-6-12(20)18-24/h1-4,15-16,23-24H,5-8H2,(H,17,19)(H,18,20)/t15-,16-/m1/s1. The highest BCUT2D eigenvalue weighted by molar-refractivity contribution is 5.81. The third-order valence-electron chi connectivity index (χ3n) is 3.76. The van der Waals surface area contributed by atoms with Gasteiger partial charge in [-0.2, -0.15) is 0 Å². The number of carbonyl (C=O) groups excluding carboxylic acids is 4. The molecule has 0 heterocycles. The molecule has 0 aromatic heterocycles. The van der Waals surface area contributed by atoms with E-state index in [1.807, 2.05) is 0 Å². The summed E-state index contributed by atoms with van der Waals surface area (Å²) in [5, 5.41) is 16.8. The number of hydrogen-bond donors (Lipinski definition) is 4. The van der Waals surface area contributed by atoms with Gasteiger partial charge >= 0.3 is 11.9 Å². The number of esters is 2. The van der Waals surface area contributed by atoms with E-state index in [0.29, 0.717) is 11.1 Å². The van der Waals surface area contributed by atoms with Crippen molar-refractivity contribution in [3.05, 3.63) is 35.4 Å². The lowest BCUT2D eigenvalue weighted by Gasteiger charge is -2.37. The zero-order chi connectivity index (χ0) is 19.1. The maximum atomic E-state index is 11.9. The molecule has 26 heavy (non-hydrogen) atoms. The van der Waals surface area contributed by atoms with Crippen molar-refractivity contribution in [1.82, 2.24) is 11.0 Å². The number of nitrogens with one attached hydrogen (secondary N) is 2. The van der Waals surface area contributed by atoms with E-state index in [4.69, 9.17) is 19.9 Å². The fraction of sp³-hybridized carbons (Fsp3) is 0.375. The van der Waals surface area contributed by atoms with Gasteiger partial charge in [0, 0.05) is 24.0 Å². The molecule has 0 fully saturated rings. The van der Waals surface area contributed by atoms with Gasteiger partial charge in [-0.3, -0.25) is 29.6 Å². The quantitative estimate of drug-likeness (QED) is 0.294. The Morgan fingerprint density at radius 1 is 0.769 bits per heavy atom. The summed E-state index contributed by atoms with van der Waals surface area (Å²) in [5.41, 5.74) is 4.19. The van der Waals surface area contributed by atoms with Crippen molar-refractivity contribution >= 4 is 23.8 Å². The van der Waals surface area contributed by atoms with E-state index < -0.39 is 36.0 Å². The lowest BCUT2D eigenvalue weighted by molar-refractivity contribution is -0.175. The largest absolute Gasteiger partial charge is 0.453 e. The predicted octanol–water partition coefficient (Wildman–Crippen LogP) is 0.440. The summed E-state index contributed by atoms with van der Waals surface area (Å²) in [6.07, 6.45) is -2.61. The molecule has 2 atom stereocenters. The van der Waals surface area contributed by atoms with Crippen LogP contribution in [0.25, 0.3) is 0 Å². The summed E-state index contributed by atoms with van der Waals surface area (Å²) in [7, 11) is 0. The first-order valence-electron chi connectivity index (χ1n) is 7.80. The second kappa shape index (κ2) is 8.92. The van der Waals surface area contributed by atoms with Crippen LogP contribution >= 0.6 is 0 Å². The van der Waals surface area contributed by atoms with Gasteiger partial charge in [-0.15, -0.1) is 0 Å². The van der Waals surface area contributed by atoms with Gasteiger partial charge in [0.05, 0.1) is 12.8 Å². The highest BCUT2D eigenvalue weighted by Gasteiger charge is 2.43. The van der Waals surface area contributed by atoms with E-state index in [1.54, 1.807) is 24.3 Å². The van der Waals surface area contributed by atoms with E-state index in [1.165, 1.54) is 11.0 Å². The Morgan fingerprint density at radius 3 is 1.50 bits per heavy atom. The summed E-state index contributed by atoms with van der Waals surface area (Å²) >= 11 is 0. The zero-order valence-corrected chi connectivity index (χ0v) is 13.6. The van der Waals surface area contributed by atoms with Gasteiger partial charge in [-0.05, 0) is 0 Å². The third kappa shape index (κ3) is 4.77. The molecule has 0 spiro atoms. The van der Waals surface area contributed by atoms with Gasteiger partial charge in [0.25, 0.3) is 0 Å². The molecule has 140 valence electrons. The molecule has 1 aliphatic rings. The normalized spacial score (nSPS) is 17.3. The smallest absolute Gasteiger partial charge is 0.307 e. The van der Waals surface area contributed by atoms with Crippen LogP contribution in [0.15, 0.2) is 24.3 Å². The lowest BCUT2D eigenvalue weighted by atomic mass is 9.82. The molecule has 0 radical (unpaired) electrons. The number of hydrogen-bond acceptors (Lipinski definition) is 8. The van der Waals surface area contributed by atoms with Crippen molar-refractivity contribution < 1.29 is 39.1 Å². The minimum absolute atomic E-state index is 0.246. The monoisotopic (exact) mass is 366 g/mol. The SMILES string of the molecule is O=C(CCC(=O)O[C@@H]1c2ccccc2[C@H]1OC(=O)CCC(=O)NO)NO. The highest BCUT2D eigenvalue weighted by Crippen LogP contribution is 2.48. The van der Waals surface area contributed by atoms with E-state index in [0.717, 1.165) is 0 Å². The molecular formula is C16H18N2O8. The maximum Gasteiger partial charge on any atom is 0.307 e. The number of fused-ring (bicyclic) bond motifs is 1. The van der Waals surface area contributed by atoms with Gasteiger partial charge in [0.1, 0.15) is 0 Å². The summed E-state index contributed by atoms with van der Waals surface area (Å²) in [4.78, 5) is 45.6. The maximum absolute atomic E-state index is 11.9. The Morgan fingerprint density at radius 2 is 1.15 bits per heavy atom. The highest BCUT2D eigenvalue weighted by atomic mass is 16.6. The van der Waals surface area contributed by atoms with Gasteiger partial charge < -0.3 is 9.47 Å². The average molecular weight is 366 g/mol. The van der Waals surface area contributed by atoms with Crippen molar-refractivity contribution in [1.29, 1.82) is 0 Å². The number of ether oxygens (including phenoxy) is 2. The van der Waals surface area contributed by atoms with Crippen molar-refractivity contribution in [3.8, 4) is 0 Å². The van der Waals surface area contributed by atoms with E-state index in [-0.39, 0.29) is 25.7 Å². The van der Waals surface area contributed by atoms with Crippen molar-refractivity contribution in [3.63, 3.8) is 0 Å². The number of hydroxylamine groups is 2. The lowest BCUT2D eigenvalue weighted by Crippen LogP contribution is -2.32. The van der Waals surface area contributed by atoms with E-state index in [2.05, 4.69) is 0 Å². The molecule has 0 unspecified atom stereocenters. The van der Waals surface area contributed by atoms with Gasteiger partial charge in [-0.1, -0.05) is 24.3 Å². The molecule has 1 aromatic rings. The summed E-state index contributed by atoms with van der Waals surface area (Å²) in [6.45, 7) is 0. The van der Waals surface area contributed by atoms with Crippen LogP contribution in [0, 0.1) is 0 Å². The second-order valence-corrected chi connectivity index (χ2v) is 5.52. The number of amides is 2. The first-order valence-corrected chi connectivity index (χ1v) is 7.80. The Labute approximate surface area is 148 Å². The van der Waals surface area contributed by atoms with Crippen LogP contribution in [0.4, 0.5) is 0 Å². The number of benzene rings is 1. The topological polar surface area (TPSA) is 151 Å². The molecular weight excluding hydrogens is 348 g/mol. The van der Waals surface area contributed by atoms with Crippen LogP contribution in [0.5, 0.6) is 0 Å². The summed E-state index contributed by atoms with van der Waals surface area (Å²) in [5.74, 6) is -2.81. The van der Waals surface area contributed by atoms with Crippen LogP contribution in [0.1, 0.15) is 49.0 Å². The van der Waals surface area contributed by atoms with Crippen LogP contribution in [-0.4, -0.2) is 34.2 Å². The van der Waals surface area contributed by atoms with Crippen molar-refractivity contribution in [2.75, 3.05) is 0 Å². The fourth-order valence-electron chi connectivity index (χ4n) is 2.45. The molecule has 10 nitrogen and oxygen atoms in total. The first-order chi connectivity index (χ1) is 12.5. The minimum atomic E-state index is -0.813. The average Bonchev–Trinajstić information content (AvgIpc) is 2.66. The molecule has 4 N–H and O–H groups in total. The van der Waals surface area contributed by atoms with Crippen molar-refractivity contribution in [2.24, 2.45) is 0 Å². The Bertz CT molecular complexity index is 646. The molecule has 0 bridgehead atoms. The predicted molar refractivity (Wildman–Crippen MR) is 82.4 cm³/mol. The number of rotatable bonds is 8. The Hall–Kier alpha value is -2.98. The molecule has 2 amide bonds. The zero-order valence-electron chi connectivity index (χ0n) is 13.6. The van der Waals surface area contributed by atoms with Gasteiger partial charge in [0.15, 0.2) is 12.2 Å². The van der Waals surface area contributed by atoms with E-state index >= 15 is 0 Å².